The van der Waals surface area contributed by atoms with Crippen LogP contribution in [0.1, 0.15) is 57.2 Å². The number of ether oxygens (including phenoxy) is 1. The number of hydrogen-bond acceptors (Lipinski definition) is 5. The summed E-state index contributed by atoms with van der Waals surface area (Å²) >= 11 is 0. The number of carbonyl (C=O) groups is 2. The van der Waals surface area contributed by atoms with Crippen LogP contribution < -0.4 is 14.4 Å². The number of nitrogens with one attached hydrogen (secondary N) is 1. The maximum absolute atomic E-state index is 14.2. The molecule has 0 radical (unpaired) electrons. The zero-order chi connectivity index (χ0) is 30.9. The van der Waals surface area contributed by atoms with Gasteiger partial charge in [0, 0.05) is 12.6 Å². The van der Waals surface area contributed by atoms with E-state index < -0.39 is 28.5 Å². The van der Waals surface area contributed by atoms with Gasteiger partial charge in [0.2, 0.25) is 11.8 Å². The molecule has 42 heavy (non-hydrogen) atoms. The third kappa shape index (κ3) is 8.35. The second-order valence-electron chi connectivity index (χ2n) is 10.5. The lowest BCUT2D eigenvalue weighted by Gasteiger charge is -2.33. The molecule has 8 nitrogen and oxygen atoms in total. The Balaban J connectivity index is 2.04. The molecule has 0 heterocycles. The van der Waals surface area contributed by atoms with Gasteiger partial charge in [-0.05, 0) is 82.5 Å². The van der Waals surface area contributed by atoms with Gasteiger partial charge in [-0.15, -0.1) is 0 Å². The summed E-state index contributed by atoms with van der Waals surface area (Å²) in [7, 11) is -4.15. The molecule has 0 aliphatic carbocycles. The summed E-state index contributed by atoms with van der Waals surface area (Å²) in [4.78, 5) is 29.1. The van der Waals surface area contributed by atoms with Gasteiger partial charge < -0.3 is 15.0 Å². The van der Waals surface area contributed by atoms with Crippen LogP contribution in [0.2, 0.25) is 0 Å². The number of carbonyl (C=O) groups excluding carboxylic acids is 2. The largest absolute Gasteiger partial charge is 0.494 e. The Morgan fingerprint density at radius 3 is 1.93 bits per heavy atom. The van der Waals surface area contributed by atoms with E-state index in [1.807, 2.05) is 65.8 Å². The molecule has 3 aromatic carbocycles. The first kappa shape index (κ1) is 32.7. The van der Waals surface area contributed by atoms with Crippen LogP contribution in [0.15, 0.2) is 77.7 Å². The van der Waals surface area contributed by atoms with E-state index in [2.05, 4.69) is 5.32 Å². The molecule has 0 aliphatic heterocycles. The van der Waals surface area contributed by atoms with E-state index in [0.29, 0.717) is 24.5 Å². The number of hydrogen-bond donors (Lipinski definition) is 1. The molecule has 3 aromatic rings. The lowest BCUT2D eigenvalue weighted by molar-refractivity contribution is -0.140. The fourth-order valence-corrected chi connectivity index (χ4v) is 5.91. The number of sulfonamides is 1. The van der Waals surface area contributed by atoms with E-state index in [4.69, 9.17) is 4.74 Å². The normalized spacial score (nSPS) is 12.7. The smallest absolute Gasteiger partial charge is 0.264 e. The van der Waals surface area contributed by atoms with Crippen molar-refractivity contribution in [2.75, 3.05) is 17.5 Å². The monoisotopic (exact) mass is 593 g/mol. The van der Waals surface area contributed by atoms with Crippen molar-refractivity contribution < 1.29 is 22.7 Å². The summed E-state index contributed by atoms with van der Waals surface area (Å²) in [5, 5.41) is 3.00. The van der Waals surface area contributed by atoms with E-state index in [9.17, 15) is 18.0 Å². The van der Waals surface area contributed by atoms with Crippen molar-refractivity contribution in [2.45, 2.75) is 77.9 Å². The van der Waals surface area contributed by atoms with Crippen LogP contribution in [0.25, 0.3) is 0 Å². The first-order valence-corrected chi connectivity index (χ1v) is 15.9. The van der Waals surface area contributed by atoms with Gasteiger partial charge in [0.25, 0.3) is 10.0 Å². The number of benzene rings is 3. The van der Waals surface area contributed by atoms with Gasteiger partial charge in [-0.3, -0.25) is 13.9 Å². The molecule has 0 spiro atoms. The van der Waals surface area contributed by atoms with Crippen molar-refractivity contribution in [3.63, 3.8) is 0 Å². The standard InChI is InChI=1S/C33H43N3O5S/c1-7-26(6)34-33(38)31(8-2)35(22-27-14-10-24(4)11-15-27)32(37)23-36(28-16-12-25(5)13-17-28)42(39,40)30-20-18-29(19-21-30)41-9-3/h10-21,26,31H,7-9,22-23H2,1-6H3,(H,34,38). The zero-order valence-electron chi connectivity index (χ0n) is 25.5. The summed E-state index contributed by atoms with van der Waals surface area (Å²) in [5.41, 5.74) is 3.23. The van der Waals surface area contributed by atoms with Gasteiger partial charge in [-0.25, -0.2) is 8.42 Å². The van der Waals surface area contributed by atoms with Gasteiger partial charge in [0.15, 0.2) is 0 Å². The van der Waals surface area contributed by atoms with Crippen molar-refractivity contribution in [3.05, 3.63) is 89.5 Å². The van der Waals surface area contributed by atoms with Crippen LogP contribution in [0.4, 0.5) is 5.69 Å². The fraction of sp³-hybridized carbons (Fsp3) is 0.394. The molecular weight excluding hydrogens is 550 g/mol. The van der Waals surface area contributed by atoms with Crippen LogP contribution in [-0.2, 0) is 26.2 Å². The molecule has 2 amide bonds. The van der Waals surface area contributed by atoms with Crippen LogP contribution in [0.5, 0.6) is 5.75 Å². The maximum Gasteiger partial charge on any atom is 0.264 e. The number of amides is 2. The molecule has 0 saturated heterocycles. The number of rotatable bonds is 14. The second-order valence-corrected chi connectivity index (χ2v) is 12.4. The average Bonchev–Trinajstić information content (AvgIpc) is 2.97. The van der Waals surface area contributed by atoms with E-state index >= 15 is 0 Å². The van der Waals surface area contributed by atoms with E-state index in [1.165, 1.54) is 17.0 Å². The first-order valence-electron chi connectivity index (χ1n) is 14.5. The molecule has 9 heteroatoms. The summed E-state index contributed by atoms with van der Waals surface area (Å²) < 4.78 is 34.7. The topological polar surface area (TPSA) is 96.0 Å². The highest BCUT2D eigenvalue weighted by Gasteiger charge is 2.34. The molecule has 2 atom stereocenters. The predicted octanol–water partition coefficient (Wildman–Crippen LogP) is 5.62. The fourth-order valence-electron chi connectivity index (χ4n) is 4.49. The zero-order valence-corrected chi connectivity index (χ0v) is 26.3. The number of anilines is 1. The highest BCUT2D eigenvalue weighted by atomic mass is 32.2. The van der Waals surface area contributed by atoms with Crippen LogP contribution in [0, 0.1) is 13.8 Å². The Labute approximate surface area is 250 Å². The van der Waals surface area contributed by atoms with Crippen LogP contribution in [0.3, 0.4) is 0 Å². The minimum Gasteiger partial charge on any atom is -0.494 e. The molecular formula is C33H43N3O5S. The Bertz CT molecular complexity index is 1420. The van der Waals surface area contributed by atoms with Crippen molar-refractivity contribution in [3.8, 4) is 5.75 Å². The molecule has 0 aliphatic rings. The lowest BCUT2D eigenvalue weighted by Crippen LogP contribution is -2.53. The summed E-state index contributed by atoms with van der Waals surface area (Å²) in [6.07, 6.45) is 1.12. The van der Waals surface area contributed by atoms with Crippen LogP contribution >= 0.6 is 0 Å². The minimum atomic E-state index is -4.15. The highest BCUT2D eigenvalue weighted by Crippen LogP contribution is 2.26. The minimum absolute atomic E-state index is 0.0333. The molecule has 0 aromatic heterocycles. The Morgan fingerprint density at radius 1 is 0.833 bits per heavy atom. The Hall–Kier alpha value is -3.85. The molecule has 0 fully saturated rings. The number of nitrogens with zero attached hydrogens (tertiary/aromatic N) is 2. The summed E-state index contributed by atoms with van der Waals surface area (Å²) in [6, 6.07) is 20.0. The van der Waals surface area contributed by atoms with Crippen LogP contribution in [-0.4, -0.2) is 50.4 Å². The predicted molar refractivity (Wildman–Crippen MR) is 167 cm³/mol. The molecule has 2 unspecified atom stereocenters. The summed E-state index contributed by atoms with van der Waals surface area (Å²) in [6.45, 7) is 11.6. The van der Waals surface area contributed by atoms with Crippen molar-refractivity contribution in [1.29, 1.82) is 0 Å². The average molecular weight is 594 g/mol. The molecule has 0 saturated carbocycles. The summed E-state index contributed by atoms with van der Waals surface area (Å²) in [5.74, 6) is -0.183. The Kier molecular flexibility index (Phi) is 11.6. The van der Waals surface area contributed by atoms with Crippen molar-refractivity contribution in [2.24, 2.45) is 0 Å². The van der Waals surface area contributed by atoms with Crippen molar-refractivity contribution >= 4 is 27.5 Å². The molecule has 0 bridgehead atoms. The van der Waals surface area contributed by atoms with E-state index in [-0.39, 0.29) is 23.4 Å². The lowest BCUT2D eigenvalue weighted by atomic mass is 10.1. The van der Waals surface area contributed by atoms with E-state index in [1.54, 1.807) is 36.4 Å². The second kappa shape index (κ2) is 14.9. The quantitative estimate of drug-likeness (QED) is 0.262. The first-order chi connectivity index (χ1) is 20.0. The molecule has 3 rings (SSSR count). The number of aryl methyl sites for hydroxylation is 2. The van der Waals surface area contributed by atoms with Gasteiger partial charge in [-0.1, -0.05) is 61.4 Å². The SMILES string of the molecule is CCOc1ccc(S(=O)(=O)N(CC(=O)N(Cc2ccc(C)cc2)C(CC)C(=O)NC(C)CC)c2ccc(C)cc2)cc1. The van der Waals surface area contributed by atoms with Gasteiger partial charge in [-0.2, -0.15) is 0 Å². The van der Waals surface area contributed by atoms with Gasteiger partial charge in [0.1, 0.15) is 18.3 Å². The maximum atomic E-state index is 14.2. The van der Waals surface area contributed by atoms with Gasteiger partial charge in [0.05, 0.1) is 17.2 Å². The van der Waals surface area contributed by atoms with Crippen molar-refractivity contribution in [1.82, 2.24) is 10.2 Å². The third-order valence-electron chi connectivity index (χ3n) is 7.18. The van der Waals surface area contributed by atoms with E-state index in [0.717, 1.165) is 27.4 Å². The molecule has 226 valence electrons. The highest BCUT2D eigenvalue weighted by molar-refractivity contribution is 7.92. The molecule has 1 N–H and O–H groups in total. The van der Waals surface area contributed by atoms with Gasteiger partial charge >= 0.3 is 0 Å². The third-order valence-corrected chi connectivity index (χ3v) is 8.97. The Morgan fingerprint density at radius 2 is 1.40 bits per heavy atom.